The largest absolute Gasteiger partial charge is 0.377 e. The summed E-state index contributed by atoms with van der Waals surface area (Å²) in [5, 5.41) is 3.18. The summed E-state index contributed by atoms with van der Waals surface area (Å²) in [6.07, 6.45) is 0. The number of aryl methyl sites for hydroxylation is 1. The normalized spacial score (nSPS) is 25.8. The predicted octanol–water partition coefficient (Wildman–Crippen LogP) is 0.528. The minimum Gasteiger partial charge on any atom is -0.377 e. The number of aromatic nitrogens is 1. The molecule has 1 atom stereocenters. The molecule has 1 unspecified atom stereocenters. The molecule has 0 radical (unpaired) electrons. The average molecular weight is 355 g/mol. The Hall–Kier alpha value is -1.06. The third-order valence-corrected chi connectivity index (χ3v) is 5.17. The molecule has 2 saturated heterocycles. The molecule has 134 valence electrons. The van der Waals surface area contributed by atoms with Gasteiger partial charge in [-0.25, -0.2) is 4.98 Å². The van der Waals surface area contributed by atoms with E-state index >= 15 is 0 Å². The van der Waals surface area contributed by atoms with Crippen molar-refractivity contribution in [1.82, 2.24) is 14.8 Å². The SMILES string of the molecule is COCC(=O)N1CCOC2(COCCN(Cc3csc(C)n3)C2)C1. The number of carbonyl (C=O) groups is 1. The van der Waals surface area contributed by atoms with Crippen molar-refractivity contribution in [2.45, 2.75) is 19.1 Å². The molecule has 24 heavy (non-hydrogen) atoms. The Balaban J connectivity index is 1.67. The van der Waals surface area contributed by atoms with Crippen LogP contribution in [0.5, 0.6) is 0 Å². The highest BCUT2D eigenvalue weighted by Crippen LogP contribution is 2.24. The van der Waals surface area contributed by atoms with Gasteiger partial charge < -0.3 is 19.1 Å². The van der Waals surface area contributed by atoms with Crippen LogP contribution in [0, 0.1) is 6.92 Å². The minimum absolute atomic E-state index is 0.00565. The number of amides is 1. The van der Waals surface area contributed by atoms with Crippen molar-refractivity contribution in [3.8, 4) is 0 Å². The fourth-order valence-corrected chi connectivity index (χ4v) is 3.89. The van der Waals surface area contributed by atoms with Gasteiger partial charge >= 0.3 is 0 Å². The lowest BCUT2D eigenvalue weighted by molar-refractivity contribution is -0.164. The molecular weight excluding hydrogens is 330 g/mol. The van der Waals surface area contributed by atoms with E-state index in [1.807, 2.05) is 11.8 Å². The van der Waals surface area contributed by atoms with Gasteiger partial charge in [0, 0.05) is 38.7 Å². The molecular formula is C16H25N3O4S. The predicted molar refractivity (Wildman–Crippen MR) is 90.1 cm³/mol. The van der Waals surface area contributed by atoms with Crippen LogP contribution in [0.15, 0.2) is 5.38 Å². The lowest BCUT2D eigenvalue weighted by Gasteiger charge is -2.43. The van der Waals surface area contributed by atoms with Crippen LogP contribution in [-0.4, -0.2) is 86.0 Å². The monoisotopic (exact) mass is 355 g/mol. The second kappa shape index (κ2) is 7.88. The summed E-state index contributed by atoms with van der Waals surface area (Å²) in [5.74, 6) is 0.00565. The number of carbonyl (C=O) groups excluding carboxylic acids is 1. The molecule has 3 heterocycles. The summed E-state index contributed by atoms with van der Waals surface area (Å²) < 4.78 is 16.9. The molecule has 0 aromatic carbocycles. The maximum Gasteiger partial charge on any atom is 0.248 e. The molecule has 1 aromatic heterocycles. The number of thiazole rings is 1. The molecule has 0 N–H and O–H groups in total. The first-order chi connectivity index (χ1) is 11.6. The quantitative estimate of drug-likeness (QED) is 0.785. The zero-order valence-electron chi connectivity index (χ0n) is 14.3. The van der Waals surface area contributed by atoms with Gasteiger partial charge in [-0.1, -0.05) is 0 Å². The Labute approximate surface area is 146 Å². The smallest absolute Gasteiger partial charge is 0.248 e. The van der Waals surface area contributed by atoms with Crippen molar-refractivity contribution in [2.24, 2.45) is 0 Å². The van der Waals surface area contributed by atoms with E-state index in [-0.39, 0.29) is 12.5 Å². The summed E-state index contributed by atoms with van der Waals surface area (Å²) in [6, 6.07) is 0. The highest BCUT2D eigenvalue weighted by molar-refractivity contribution is 7.09. The van der Waals surface area contributed by atoms with Crippen LogP contribution in [0.3, 0.4) is 0 Å². The number of nitrogens with zero attached hydrogens (tertiary/aromatic N) is 3. The summed E-state index contributed by atoms with van der Waals surface area (Å²) in [4.78, 5) is 20.9. The molecule has 2 aliphatic rings. The number of ether oxygens (including phenoxy) is 3. The topological polar surface area (TPSA) is 64.1 Å². The molecule has 1 aromatic rings. The number of rotatable bonds is 4. The van der Waals surface area contributed by atoms with E-state index in [0.717, 1.165) is 30.3 Å². The van der Waals surface area contributed by atoms with Crippen molar-refractivity contribution in [3.05, 3.63) is 16.1 Å². The third-order valence-electron chi connectivity index (χ3n) is 4.35. The van der Waals surface area contributed by atoms with Crippen molar-refractivity contribution in [1.29, 1.82) is 0 Å². The Bertz CT molecular complexity index is 567. The standard InChI is InChI=1S/C16H25N3O4S/c1-13-17-14(9-24-13)7-18-3-5-22-12-16(10-18)11-19(4-6-23-16)15(20)8-21-2/h9H,3-8,10-12H2,1-2H3. The van der Waals surface area contributed by atoms with Crippen LogP contribution in [-0.2, 0) is 25.5 Å². The van der Waals surface area contributed by atoms with Gasteiger partial charge in [-0.15, -0.1) is 11.3 Å². The molecule has 2 fully saturated rings. The van der Waals surface area contributed by atoms with E-state index < -0.39 is 5.60 Å². The Morgan fingerprint density at radius 3 is 3.04 bits per heavy atom. The summed E-state index contributed by atoms with van der Waals surface area (Å²) in [7, 11) is 1.54. The van der Waals surface area contributed by atoms with Gasteiger partial charge in [0.2, 0.25) is 5.91 Å². The van der Waals surface area contributed by atoms with E-state index in [0.29, 0.717) is 32.9 Å². The number of hydrogen-bond acceptors (Lipinski definition) is 7. The summed E-state index contributed by atoms with van der Waals surface area (Å²) in [6.45, 7) is 7.35. The van der Waals surface area contributed by atoms with Crippen LogP contribution in [0.4, 0.5) is 0 Å². The maximum absolute atomic E-state index is 12.2. The van der Waals surface area contributed by atoms with Gasteiger partial charge in [-0.2, -0.15) is 0 Å². The summed E-state index contributed by atoms with van der Waals surface area (Å²) >= 11 is 1.67. The Morgan fingerprint density at radius 1 is 1.42 bits per heavy atom. The molecule has 1 amide bonds. The molecule has 8 heteroatoms. The molecule has 0 saturated carbocycles. The van der Waals surface area contributed by atoms with Crippen molar-refractivity contribution in [2.75, 3.05) is 59.7 Å². The van der Waals surface area contributed by atoms with E-state index in [4.69, 9.17) is 14.2 Å². The zero-order valence-corrected chi connectivity index (χ0v) is 15.1. The first-order valence-electron chi connectivity index (χ1n) is 8.22. The fraction of sp³-hybridized carbons (Fsp3) is 0.750. The Morgan fingerprint density at radius 2 is 2.29 bits per heavy atom. The van der Waals surface area contributed by atoms with Gasteiger partial charge in [0.1, 0.15) is 12.2 Å². The summed E-state index contributed by atoms with van der Waals surface area (Å²) in [5.41, 5.74) is 0.612. The van der Waals surface area contributed by atoms with Crippen molar-refractivity contribution in [3.63, 3.8) is 0 Å². The van der Waals surface area contributed by atoms with Gasteiger partial charge in [-0.3, -0.25) is 9.69 Å². The van der Waals surface area contributed by atoms with Crippen LogP contribution in [0.1, 0.15) is 10.7 Å². The van der Waals surface area contributed by atoms with E-state index in [9.17, 15) is 4.79 Å². The first-order valence-corrected chi connectivity index (χ1v) is 9.10. The van der Waals surface area contributed by atoms with Crippen LogP contribution >= 0.6 is 11.3 Å². The molecule has 3 rings (SSSR count). The van der Waals surface area contributed by atoms with Crippen LogP contribution < -0.4 is 0 Å². The fourth-order valence-electron chi connectivity index (χ4n) is 3.28. The molecule has 7 nitrogen and oxygen atoms in total. The number of methoxy groups -OCH3 is 1. The van der Waals surface area contributed by atoms with Crippen molar-refractivity contribution < 1.29 is 19.0 Å². The molecule has 2 aliphatic heterocycles. The van der Waals surface area contributed by atoms with Gasteiger partial charge in [0.25, 0.3) is 0 Å². The highest BCUT2D eigenvalue weighted by Gasteiger charge is 2.41. The van der Waals surface area contributed by atoms with Crippen LogP contribution in [0.2, 0.25) is 0 Å². The molecule has 0 aliphatic carbocycles. The van der Waals surface area contributed by atoms with Gasteiger partial charge in [-0.05, 0) is 6.92 Å². The van der Waals surface area contributed by atoms with Crippen molar-refractivity contribution >= 4 is 17.2 Å². The molecule has 0 bridgehead atoms. The maximum atomic E-state index is 12.2. The highest BCUT2D eigenvalue weighted by atomic mass is 32.1. The zero-order chi connectivity index (χ0) is 17.0. The lowest BCUT2D eigenvalue weighted by Crippen LogP contribution is -2.60. The molecule has 1 spiro atoms. The second-order valence-corrected chi connectivity index (χ2v) is 7.46. The Kier molecular flexibility index (Phi) is 5.83. The lowest BCUT2D eigenvalue weighted by atomic mass is 10.0. The van der Waals surface area contributed by atoms with E-state index in [2.05, 4.69) is 15.3 Å². The second-order valence-electron chi connectivity index (χ2n) is 6.40. The minimum atomic E-state index is -0.469. The first kappa shape index (κ1) is 17.8. The third kappa shape index (κ3) is 4.31. The van der Waals surface area contributed by atoms with E-state index in [1.165, 1.54) is 0 Å². The number of morpholine rings is 1. The van der Waals surface area contributed by atoms with Crippen LogP contribution in [0.25, 0.3) is 0 Å². The van der Waals surface area contributed by atoms with Gasteiger partial charge in [0.15, 0.2) is 0 Å². The number of hydrogen-bond donors (Lipinski definition) is 0. The average Bonchev–Trinajstić information content (AvgIpc) is 2.87. The van der Waals surface area contributed by atoms with E-state index in [1.54, 1.807) is 18.4 Å². The van der Waals surface area contributed by atoms with Gasteiger partial charge in [0.05, 0.1) is 37.1 Å².